The number of pyridine rings is 1. The number of thioether (sulfide) groups is 1. The van der Waals surface area contributed by atoms with Crippen LogP contribution in [0.25, 0.3) is 22.4 Å². The normalized spacial score (nSPS) is 15.4. The van der Waals surface area contributed by atoms with E-state index >= 15 is 0 Å². The summed E-state index contributed by atoms with van der Waals surface area (Å²) in [5, 5.41) is 5.19. The second-order valence-corrected chi connectivity index (χ2v) is 12.5. The summed E-state index contributed by atoms with van der Waals surface area (Å²) in [5.41, 5.74) is 1.41. The summed E-state index contributed by atoms with van der Waals surface area (Å²) in [5.74, 6) is 0.0272. The average molecular weight is 667 g/mol. The van der Waals surface area contributed by atoms with Crippen LogP contribution in [0.4, 0.5) is 10.2 Å². The number of nitrogens with zero attached hydrogens (tertiary/aromatic N) is 4. The van der Waals surface area contributed by atoms with Crippen LogP contribution in [0, 0.1) is 5.82 Å². The number of fused-ring (bicyclic) bond motifs is 1. The van der Waals surface area contributed by atoms with Crippen molar-refractivity contribution in [2.75, 3.05) is 38.3 Å². The van der Waals surface area contributed by atoms with Crippen molar-refractivity contribution in [3.63, 3.8) is 0 Å². The Balaban J connectivity index is 0.000000898. The van der Waals surface area contributed by atoms with E-state index in [4.69, 9.17) is 16.3 Å². The van der Waals surface area contributed by atoms with Crippen molar-refractivity contribution in [3.8, 4) is 11.4 Å². The fourth-order valence-corrected chi connectivity index (χ4v) is 5.13. The lowest BCUT2D eigenvalue weighted by atomic mass is 10.1. The molecule has 0 saturated carbocycles. The van der Waals surface area contributed by atoms with Crippen LogP contribution in [0.2, 0.25) is 5.02 Å². The van der Waals surface area contributed by atoms with E-state index in [1.165, 1.54) is 12.8 Å². The number of aldehydes is 1. The van der Waals surface area contributed by atoms with Gasteiger partial charge in [0.1, 0.15) is 11.9 Å². The molecule has 11 heteroatoms. The molecule has 3 aromatic heterocycles. The summed E-state index contributed by atoms with van der Waals surface area (Å²) in [6, 6.07) is 1.79. The fourth-order valence-electron chi connectivity index (χ4n) is 4.19. The van der Waals surface area contributed by atoms with Crippen LogP contribution in [0.5, 0.6) is 0 Å². The van der Waals surface area contributed by atoms with E-state index < -0.39 is 5.82 Å². The van der Waals surface area contributed by atoms with E-state index in [1.807, 2.05) is 51.3 Å². The number of hydrogen-bond donors (Lipinski definition) is 2. The Morgan fingerprint density at radius 3 is 2.56 bits per heavy atom. The minimum Gasteiger partial charge on any atom is -0.379 e. The van der Waals surface area contributed by atoms with Crippen molar-refractivity contribution in [2.24, 2.45) is 0 Å². The van der Waals surface area contributed by atoms with Crippen LogP contribution < -0.4 is 5.32 Å². The van der Waals surface area contributed by atoms with E-state index in [0.717, 1.165) is 42.5 Å². The number of aromatic amines is 1. The molecule has 0 spiro atoms. The number of rotatable bonds is 9. The SMILES string of the molecule is C.C/C=C\C(CCC)SC.CC.COC(C)(C)C.O=CCN1CCCC(Nc2nc(-c3c[nH]c4ncc(Cl)cc34)ncc2F)C1. The van der Waals surface area contributed by atoms with Gasteiger partial charge in [-0.1, -0.05) is 58.4 Å². The highest BCUT2D eigenvalue weighted by atomic mass is 35.5. The number of aromatic nitrogens is 4. The van der Waals surface area contributed by atoms with Crippen LogP contribution in [0.3, 0.4) is 0 Å². The second-order valence-electron chi connectivity index (χ2n) is 11.0. The molecule has 0 amide bonds. The summed E-state index contributed by atoms with van der Waals surface area (Å²) in [6.45, 7) is 16.3. The molecule has 45 heavy (non-hydrogen) atoms. The minimum absolute atomic E-state index is 0. The highest BCUT2D eigenvalue weighted by Gasteiger charge is 2.22. The van der Waals surface area contributed by atoms with Crippen LogP contribution in [0.1, 0.15) is 81.6 Å². The third-order valence-corrected chi connectivity index (χ3v) is 7.76. The zero-order valence-electron chi connectivity index (χ0n) is 27.9. The highest BCUT2D eigenvalue weighted by molar-refractivity contribution is 7.99. The molecule has 2 N–H and O–H groups in total. The van der Waals surface area contributed by atoms with Crippen LogP contribution in [-0.4, -0.2) is 81.0 Å². The number of hydrogen-bond acceptors (Lipinski definition) is 8. The third-order valence-electron chi connectivity index (χ3n) is 6.56. The maximum absolute atomic E-state index is 14.3. The van der Waals surface area contributed by atoms with Crippen molar-refractivity contribution in [3.05, 3.63) is 47.6 Å². The topological polar surface area (TPSA) is 96.0 Å². The summed E-state index contributed by atoms with van der Waals surface area (Å²) in [6.07, 6.45) is 16.3. The largest absolute Gasteiger partial charge is 0.379 e. The van der Waals surface area contributed by atoms with E-state index in [1.54, 1.807) is 25.6 Å². The van der Waals surface area contributed by atoms with Crippen LogP contribution >= 0.6 is 23.4 Å². The zero-order valence-corrected chi connectivity index (χ0v) is 29.5. The number of carbonyl (C=O) groups excluding carboxylic acids is 1. The lowest BCUT2D eigenvalue weighted by Gasteiger charge is -2.32. The maximum Gasteiger partial charge on any atom is 0.183 e. The third kappa shape index (κ3) is 15.5. The quantitative estimate of drug-likeness (QED) is 0.172. The lowest BCUT2D eigenvalue weighted by molar-refractivity contribution is -0.109. The summed E-state index contributed by atoms with van der Waals surface area (Å²) in [7, 11) is 1.71. The molecule has 4 rings (SSSR count). The lowest BCUT2D eigenvalue weighted by Crippen LogP contribution is -2.43. The first kappa shape index (κ1) is 42.5. The van der Waals surface area contributed by atoms with Gasteiger partial charge in [-0.2, -0.15) is 11.8 Å². The molecule has 254 valence electrons. The predicted molar refractivity (Wildman–Crippen MR) is 193 cm³/mol. The van der Waals surface area contributed by atoms with Crippen LogP contribution in [-0.2, 0) is 9.53 Å². The predicted octanol–water partition coefficient (Wildman–Crippen LogP) is 9.08. The van der Waals surface area contributed by atoms with Crippen molar-refractivity contribution in [1.82, 2.24) is 24.8 Å². The van der Waals surface area contributed by atoms with Gasteiger partial charge in [0.05, 0.1) is 23.4 Å². The van der Waals surface area contributed by atoms with Crippen molar-refractivity contribution in [2.45, 2.75) is 98.5 Å². The molecule has 0 aliphatic carbocycles. The highest BCUT2D eigenvalue weighted by Crippen LogP contribution is 2.28. The number of carbonyl (C=O) groups is 1. The smallest absolute Gasteiger partial charge is 0.183 e. The number of nitrogens with one attached hydrogen (secondary N) is 2. The summed E-state index contributed by atoms with van der Waals surface area (Å²) >= 11 is 7.97. The van der Waals surface area contributed by atoms with Gasteiger partial charge in [0.2, 0.25) is 0 Å². The second kappa shape index (κ2) is 22.9. The molecular weight excluding hydrogens is 611 g/mol. The molecule has 0 bridgehead atoms. The first-order valence-electron chi connectivity index (χ1n) is 15.3. The Kier molecular flexibility index (Phi) is 21.6. The Morgan fingerprint density at radius 1 is 1.29 bits per heavy atom. The molecule has 0 aromatic carbocycles. The van der Waals surface area contributed by atoms with Gasteiger partial charge >= 0.3 is 0 Å². The molecule has 1 aliphatic heterocycles. The van der Waals surface area contributed by atoms with Gasteiger partial charge in [0, 0.05) is 48.3 Å². The molecule has 0 radical (unpaired) electrons. The van der Waals surface area contributed by atoms with E-state index in [-0.39, 0.29) is 24.9 Å². The molecule has 8 nitrogen and oxygen atoms in total. The Bertz CT molecular complexity index is 1270. The molecule has 2 unspecified atom stereocenters. The average Bonchev–Trinajstić information content (AvgIpc) is 3.43. The molecular formula is C34H56ClFN6O2S. The molecule has 1 saturated heterocycles. The number of methoxy groups -OCH3 is 1. The first-order valence-corrected chi connectivity index (χ1v) is 17.0. The zero-order chi connectivity index (χ0) is 33.1. The number of halogens is 2. The van der Waals surface area contributed by atoms with Gasteiger partial charge in [-0.25, -0.2) is 19.3 Å². The fraction of sp³-hybridized carbons (Fsp3) is 0.588. The molecule has 1 fully saturated rings. The van der Waals surface area contributed by atoms with Gasteiger partial charge < -0.3 is 19.8 Å². The number of ether oxygens (including phenoxy) is 1. The number of piperidine rings is 1. The van der Waals surface area contributed by atoms with Gasteiger partial charge in [-0.05, 0) is 65.8 Å². The number of likely N-dealkylation sites (tertiary alicyclic amines) is 1. The molecule has 1 aliphatic rings. The molecule has 3 aromatic rings. The monoisotopic (exact) mass is 666 g/mol. The Morgan fingerprint density at radius 2 is 1.98 bits per heavy atom. The van der Waals surface area contributed by atoms with E-state index in [9.17, 15) is 9.18 Å². The Hall–Kier alpha value is -2.53. The standard InChI is InChI=1S/C18H18ClFN6O.C8H16S.C5H12O.C2H6.CH4/c19-11-6-13-14(8-22-16(13)21-7-11)17-23-9-15(20)18(25-17)24-12-2-1-3-26(10-12)4-5-27;1-4-6-8(9-3)7-5-2;1-5(2,3)6-4;1-2;/h5-9,12H,1-4,10H2,(H,21,22)(H,23,24,25);4,6,8H,5,7H2,1-3H3;1-4H3;1-2H3;1H4/b;6-4-;;;. The number of H-pyrrole nitrogens is 1. The van der Waals surface area contributed by atoms with Crippen molar-refractivity contribution < 1.29 is 13.9 Å². The van der Waals surface area contributed by atoms with Crippen molar-refractivity contribution >= 4 is 46.5 Å². The first-order chi connectivity index (χ1) is 21.0. The van der Waals surface area contributed by atoms with Gasteiger partial charge in [0.25, 0.3) is 0 Å². The van der Waals surface area contributed by atoms with Crippen molar-refractivity contribution in [1.29, 1.82) is 0 Å². The molecule has 4 heterocycles. The van der Waals surface area contributed by atoms with E-state index in [0.29, 0.717) is 35.1 Å². The minimum atomic E-state index is -0.512. The van der Waals surface area contributed by atoms with Gasteiger partial charge in [0.15, 0.2) is 17.5 Å². The van der Waals surface area contributed by atoms with Gasteiger partial charge in [-0.3, -0.25) is 4.90 Å². The number of anilines is 1. The summed E-state index contributed by atoms with van der Waals surface area (Å²) in [4.78, 5) is 28.6. The summed E-state index contributed by atoms with van der Waals surface area (Å²) < 4.78 is 19.2. The number of allylic oxidation sites excluding steroid dienone is 1. The Labute approximate surface area is 280 Å². The maximum atomic E-state index is 14.3. The van der Waals surface area contributed by atoms with E-state index in [2.05, 4.69) is 57.5 Å². The van der Waals surface area contributed by atoms with Crippen LogP contribution in [0.15, 0.2) is 36.8 Å². The van der Waals surface area contributed by atoms with Gasteiger partial charge in [-0.15, -0.1) is 0 Å². The molecule has 2 atom stereocenters.